The van der Waals surface area contributed by atoms with Gasteiger partial charge >= 0.3 is 7.12 Å². The molecule has 19 heavy (non-hydrogen) atoms. The lowest BCUT2D eigenvalue weighted by molar-refractivity contribution is 0.00578. The normalized spacial score (nSPS) is 22.7. The van der Waals surface area contributed by atoms with Gasteiger partial charge in [-0.05, 0) is 45.2 Å². The number of pyridine rings is 1. The van der Waals surface area contributed by atoms with Gasteiger partial charge in [0.2, 0.25) is 0 Å². The van der Waals surface area contributed by atoms with Gasteiger partial charge in [0.25, 0.3) is 0 Å². The van der Waals surface area contributed by atoms with Crippen LogP contribution in [0.15, 0.2) is 24.5 Å². The standard InChI is InChI=1S/C13H16BClN2O2/c1-12(2)13(3,4)19-14(18-12)9-7-10(15)17-6-5-16-11(17)8-9/h5-8H,1-4H3/i7D,8D. The second-order valence-corrected chi connectivity index (χ2v) is 6.02. The highest BCUT2D eigenvalue weighted by Crippen LogP contribution is 2.36. The van der Waals surface area contributed by atoms with E-state index in [2.05, 4.69) is 4.98 Å². The topological polar surface area (TPSA) is 35.8 Å². The molecule has 6 heteroatoms. The van der Waals surface area contributed by atoms with Crippen LogP contribution in [0.4, 0.5) is 0 Å². The molecule has 1 fully saturated rings. The van der Waals surface area contributed by atoms with Gasteiger partial charge in [0, 0.05) is 12.4 Å². The number of imidazole rings is 1. The van der Waals surface area contributed by atoms with Crippen molar-refractivity contribution in [3.05, 3.63) is 29.6 Å². The summed E-state index contributed by atoms with van der Waals surface area (Å²) in [4.78, 5) is 4.12. The van der Waals surface area contributed by atoms with Gasteiger partial charge in [0.15, 0.2) is 0 Å². The van der Waals surface area contributed by atoms with Crippen molar-refractivity contribution < 1.29 is 12.1 Å². The van der Waals surface area contributed by atoms with Gasteiger partial charge in [-0.25, -0.2) is 4.98 Å². The first-order valence-electron chi connectivity index (χ1n) is 7.13. The highest BCUT2D eigenvalue weighted by atomic mass is 35.5. The number of fused-ring (bicyclic) bond motifs is 1. The van der Waals surface area contributed by atoms with Crippen molar-refractivity contribution in [1.29, 1.82) is 0 Å². The molecule has 3 heterocycles. The molecule has 0 bridgehead atoms. The maximum absolute atomic E-state index is 8.30. The summed E-state index contributed by atoms with van der Waals surface area (Å²) < 4.78 is 29.9. The third-order valence-electron chi connectivity index (χ3n) is 3.83. The van der Waals surface area contributed by atoms with Crippen LogP contribution in [-0.4, -0.2) is 27.7 Å². The fourth-order valence-electron chi connectivity index (χ4n) is 1.96. The van der Waals surface area contributed by atoms with Crippen molar-refractivity contribution >= 4 is 29.8 Å². The maximum Gasteiger partial charge on any atom is 0.495 e. The van der Waals surface area contributed by atoms with E-state index in [-0.39, 0.29) is 17.2 Å². The van der Waals surface area contributed by atoms with E-state index in [0.717, 1.165) is 0 Å². The molecule has 1 aliphatic rings. The summed E-state index contributed by atoms with van der Waals surface area (Å²) in [5, 5.41) is 0.197. The van der Waals surface area contributed by atoms with Crippen molar-refractivity contribution in [2.24, 2.45) is 0 Å². The lowest BCUT2D eigenvalue weighted by Gasteiger charge is -2.32. The van der Waals surface area contributed by atoms with E-state index in [1.165, 1.54) is 4.40 Å². The van der Waals surface area contributed by atoms with Crippen LogP contribution in [0.5, 0.6) is 0 Å². The van der Waals surface area contributed by atoms with Crippen LogP contribution in [-0.2, 0) is 9.31 Å². The summed E-state index contributed by atoms with van der Waals surface area (Å²) in [6.07, 6.45) is 3.18. The molecular formula is C13H16BClN2O2. The van der Waals surface area contributed by atoms with Crippen molar-refractivity contribution in [1.82, 2.24) is 9.38 Å². The Labute approximate surface area is 120 Å². The molecule has 0 aromatic carbocycles. The summed E-state index contributed by atoms with van der Waals surface area (Å²) in [5.41, 5.74) is -0.368. The average molecular weight is 281 g/mol. The molecule has 0 amide bonds. The van der Waals surface area contributed by atoms with Crippen molar-refractivity contribution in [2.45, 2.75) is 38.9 Å². The molecule has 2 aromatic rings. The Morgan fingerprint density at radius 1 is 1.26 bits per heavy atom. The van der Waals surface area contributed by atoms with Gasteiger partial charge in [0.1, 0.15) is 10.8 Å². The smallest absolute Gasteiger partial charge is 0.399 e. The van der Waals surface area contributed by atoms with Crippen LogP contribution in [0.1, 0.15) is 30.4 Å². The van der Waals surface area contributed by atoms with Crippen molar-refractivity contribution in [2.75, 3.05) is 0 Å². The lowest BCUT2D eigenvalue weighted by atomic mass is 9.80. The highest BCUT2D eigenvalue weighted by molar-refractivity contribution is 6.62. The molecule has 0 radical (unpaired) electrons. The molecule has 2 aromatic heterocycles. The molecule has 4 nitrogen and oxygen atoms in total. The predicted molar refractivity (Wildman–Crippen MR) is 75.9 cm³/mol. The summed E-state index contributed by atoms with van der Waals surface area (Å²) in [6, 6.07) is 0.138. The van der Waals surface area contributed by atoms with Crippen molar-refractivity contribution in [3.8, 4) is 0 Å². The van der Waals surface area contributed by atoms with Crippen LogP contribution in [0.25, 0.3) is 5.65 Å². The first-order chi connectivity index (χ1) is 9.66. The summed E-state index contributed by atoms with van der Waals surface area (Å²) >= 11 is 6.21. The van der Waals surface area contributed by atoms with Crippen LogP contribution < -0.4 is 5.46 Å². The molecule has 0 unspecified atom stereocenters. The molecule has 3 rings (SSSR count). The molecule has 0 saturated carbocycles. The van der Waals surface area contributed by atoms with Gasteiger partial charge < -0.3 is 9.31 Å². The van der Waals surface area contributed by atoms with Gasteiger partial charge in [-0.1, -0.05) is 11.6 Å². The summed E-state index contributed by atoms with van der Waals surface area (Å²) in [5.74, 6) is 0. The largest absolute Gasteiger partial charge is 0.495 e. The fourth-order valence-corrected chi connectivity index (χ4v) is 2.19. The summed E-state index contributed by atoms with van der Waals surface area (Å²) in [7, 11) is -0.797. The molecule has 0 spiro atoms. The number of halogens is 1. The van der Waals surface area contributed by atoms with Gasteiger partial charge in [-0.3, -0.25) is 4.40 Å². The van der Waals surface area contributed by atoms with E-state index in [4.69, 9.17) is 23.7 Å². The number of hydrogen-bond acceptors (Lipinski definition) is 3. The Morgan fingerprint density at radius 3 is 2.53 bits per heavy atom. The van der Waals surface area contributed by atoms with Crippen LogP contribution >= 0.6 is 11.6 Å². The third kappa shape index (κ3) is 1.97. The molecule has 0 atom stereocenters. The zero-order chi connectivity index (χ0) is 15.6. The quantitative estimate of drug-likeness (QED) is 0.594. The molecule has 1 aliphatic heterocycles. The first-order valence-corrected chi connectivity index (χ1v) is 6.51. The Morgan fingerprint density at radius 2 is 1.89 bits per heavy atom. The fraction of sp³-hybridized carbons (Fsp3) is 0.462. The number of nitrogens with zero attached hydrogens (tertiary/aromatic N) is 2. The minimum absolute atomic E-state index is 0.0330. The zero-order valence-corrected chi connectivity index (χ0v) is 12.1. The number of rotatable bonds is 1. The molecule has 1 saturated heterocycles. The minimum atomic E-state index is -0.797. The number of hydrogen-bond donors (Lipinski definition) is 0. The second kappa shape index (κ2) is 3.98. The Kier molecular flexibility index (Phi) is 2.24. The third-order valence-corrected chi connectivity index (χ3v) is 4.10. The SMILES string of the molecule is [2H]c1c(B2OC(C)(C)C(C)(C)O2)c([2H])c2nccn2c1Cl. The van der Waals surface area contributed by atoms with E-state index in [1.807, 2.05) is 27.7 Å². The van der Waals surface area contributed by atoms with Crippen LogP contribution in [0.3, 0.4) is 0 Å². The molecule has 100 valence electrons. The van der Waals surface area contributed by atoms with Crippen LogP contribution in [0, 0.1) is 0 Å². The van der Waals surface area contributed by atoms with E-state index in [0.29, 0.717) is 11.1 Å². The highest BCUT2D eigenvalue weighted by Gasteiger charge is 2.51. The number of aromatic nitrogens is 2. The summed E-state index contributed by atoms with van der Waals surface area (Å²) in [6.45, 7) is 7.71. The Hall–Kier alpha value is -1.04. The minimum Gasteiger partial charge on any atom is -0.399 e. The lowest BCUT2D eigenvalue weighted by Crippen LogP contribution is -2.41. The van der Waals surface area contributed by atoms with E-state index < -0.39 is 18.3 Å². The van der Waals surface area contributed by atoms with Crippen molar-refractivity contribution in [3.63, 3.8) is 0 Å². The van der Waals surface area contributed by atoms with Crippen LogP contribution in [0.2, 0.25) is 5.15 Å². The van der Waals surface area contributed by atoms with E-state index in [1.54, 1.807) is 12.4 Å². The molecule has 0 N–H and O–H groups in total. The van der Waals surface area contributed by atoms with E-state index in [9.17, 15) is 0 Å². The zero-order valence-electron chi connectivity index (χ0n) is 13.3. The first kappa shape index (κ1) is 10.7. The van der Waals surface area contributed by atoms with Gasteiger partial charge in [-0.15, -0.1) is 0 Å². The second-order valence-electron chi connectivity index (χ2n) is 5.66. The molecule has 0 aliphatic carbocycles. The Bertz CT molecular complexity index is 717. The monoisotopic (exact) mass is 280 g/mol. The predicted octanol–water partition coefficient (Wildman–Crippen LogP) is 2.29. The van der Waals surface area contributed by atoms with E-state index >= 15 is 0 Å². The van der Waals surface area contributed by atoms with Gasteiger partial charge in [-0.2, -0.15) is 0 Å². The maximum atomic E-state index is 8.30. The average Bonchev–Trinajstić information content (AvgIpc) is 2.91. The molecular weight excluding hydrogens is 262 g/mol. The van der Waals surface area contributed by atoms with Gasteiger partial charge in [0.05, 0.1) is 13.9 Å². The Balaban J connectivity index is 2.18.